The van der Waals surface area contributed by atoms with Crippen molar-refractivity contribution in [3.05, 3.63) is 23.8 Å². The van der Waals surface area contributed by atoms with E-state index in [1.54, 1.807) is 7.11 Å². The van der Waals surface area contributed by atoms with Crippen LogP contribution in [0.15, 0.2) is 18.2 Å². The van der Waals surface area contributed by atoms with Crippen LogP contribution in [0.5, 0.6) is 5.75 Å². The molecule has 2 rings (SSSR count). The van der Waals surface area contributed by atoms with Crippen molar-refractivity contribution in [3.63, 3.8) is 0 Å². The molecule has 110 valence electrons. The van der Waals surface area contributed by atoms with Crippen molar-refractivity contribution in [2.45, 2.75) is 39.2 Å². The summed E-state index contributed by atoms with van der Waals surface area (Å²) in [5.41, 5.74) is 2.04. The number of nitrogens with zero attached hydrogens (tertiary/aromatic N) is 1. The summed E-state index contributed by atoms with van der Waals surface area (Å²) in [6.45, 7) is 5.36. The smallest absolute Gasteiger partial charge is 0.227 e. The zero-order valence-corrected chi connectivity index (χ0v) is 12.5. The first kappa shape index (κ1) is 14.9. The normalized spacial score (nSPS) is 17.6. The van der Waals surface area contributed by atoms with Crippen LogP contribution in [0.3, 0.4) is 0 Å². The van der Waals surface area contributed by atoms with Gasteiger partial charge in [0.25, 0.3) is 0 Å². The number of hydrogen-bond donors (Lipinski definition) is 0. The molecule has 1 atom stereocenters. The van der Waals surface area contributed by atoms with Gasteiger partial charge in [-0.05, 0) is 44.4 Å². The van der Waals surface area contributed by atoms with Crippen LogP contribution < -0.4 is 9.64 Å². The summed E-state index contributed by atoms with van der Waals surface area (Å²) in [7, 11) is 1.69. The fourth-order valence-electron chi connectivity index (χ4n) is 2.44. The molecule has 1 amide bonds. The Morgan fingerprint density at radius 3 is 3.00 bits per heavy atom. The molecule has 0 saturated carbocycles. The lowest BCUT2D eigenvalue weighted by Gasteiger charge is -2.33. The molecule has 0 N–H and O–H groups in total. The van der Waals surface area contributed by atoms with Gasteiger partial charge < -0.3 is 14.4 Å². The fraction of sp³-hybridized carbons (Fsp3) is 0.562. The minimum absolute atomic E-state index is 0.0353. The Morgan fingerprint density at radius 1 is 1.45 bits per heavy atom. The van der Waals surface area contributed by atoms with E-state index in [-0.39, 0.29) is 12.0 Å². The summed E-state index contributed by atoms with van der Waals surface area (Å²) >= 11 is 0. The van der Waals surface area contributed by atoms with E-state index in [1.165, 1.54) is 0 Å². The van der Waals surface area contributed by atoms with Crippen LogP contribution >= 0.6 is 0 Å². The molecule has 1 heterocycles. The Kier molecular flexibility index (Phi) is 5.01. The van der Waals surface area contributed by atoms with Crippen LogP contribution in [0.25, 0.3) is 0 Å². The molecule has 1 aliphatic heterocycles. The molecule has 0 fully saturated rings. The molecule has 0 saturated heterocycles. The fourth-order valence-corrected chi connectivity index (χ4v) is 2.44. The van der Waals surface area contributed by atoms with Crippen molar-refractivity contribution in [3.8, 4) is 5.75 Å². The number of fused-ring (bicyclic) bond motifs is 1. The lowest BCUT2D eigenvalue weighted by molar-refractivity contribution is -0.119. The van der Waals surface area contributed by atoms with Gasteiger partial charge in [-0.15, -0.1) is 0 Å². The highest BCUT2D eigenvalue weighted by molar-refractivity contribution is 5.95. The number of rotatable bonds is 5. The summed E-state index contributed by atoms with van der Waals surface area (Å²) in [5, 5.41) is 0. The predicted molar refractivity (Wildman–Crippen MR) is 79.3 cm³/mol. The Balaban J connectivity index is 2.08. The summed E-state index contributed by atoms with van der Waals surface area (Å²) < 4.78 is 10.8. The predicted octanol–water partition coefficient (Wildman–Crippen LogP) is 2.93. The quantitative estimate of drug-likeness (QED) is 0.777. The summed E-state index contributed by atoms with van der Waals surface area (Å²) in [6.07, 6.45) is 2.37. The minimum Gasteiger partial charge on any atom is -0.487 e. The van der Waals surface area contributed by atoms with Crippen LogP contribution in [0.1, 0.15) is 31.7 Å². The van der Waals surface area contributed by atoms with Crippen molar-refractivity contribution in [2.24, 2.45) is 0 Å². The van der Waals surface area contributed by atoms with Gasteiger partial charge in [-0.1, -0.05) is 6.07 Å². The van der Waals surface area contributed by atoms with Crippen LogP contribution in [0.2, 0.25) is 0 Å². The van der Waals surface area contributed by atoms with Crippen LogP contribution in [0, 0.1) is 6.92 Å². The van der Waals surface area contributed by atoms with E-state index in [9.17, 15) is 4.79 Å². The summed E-state index contributed by atoms with van der Waals surface area (Å²) in [6, 6.07) is 5.98. The zero-order chi connectivity index (χ0) is 14.5. The number of carbonyl (C=O) groups excluding carboxylic acids is 1. The van der Waals surface area contributed by atoms with Gasteiger partial charge in [0.05, 0.1) is 12.2 Å². The number of anilines is 1. The molecule has 0 aliphatic carbocycles. The monoisotopic (exact) mass is 277 g/mol. The number of unbranched alkanes of at least 4 members (excludes halogenated alkanes) is 1. The van der Waals surface area contributed by atoms with Gasteiger partial charge in [0.15, 0.2) is 0 Å². The van der Waals surface area contributed by atoms with E-state index >= 15 is 0 Å². The lowest BCUT2D eigenvalue weighted by Crippen LogP contribution is -2.42. The van der Waals surface area contributed by atoms with Crippen LogP contribution in [-0.4, -0.2) is 32.3 Å². The summed E-state index contributed by atoms with van der Waals surface area (Å²) in [4.78, 5) is 14.3. The van der Waals surface area contributed by atoms with E-state index < -0.39 is 0 Å². The second-order valence-corrected chi connectivity index (χ2v) is 5.35. The van der Waals surface area contributed by atoms with E-state index in [4.69, 9.17) is 9.47 Å². The van der Waals surface area contributed by atoms with E-state index in [0.29, 0.717) is 19.6 Å². The second kappa shape index (κ2) is 6.75. The number of benzene rings is 1. The molecule has 1 aromatic carbocycles. The maximum Gasteiger partial charge on any atom is 0.227 e. The molecule has 1 aromatic rings. The molecule has 0 spiro atoms. The number of hydrogen-bond acceptors (Lipinski definition) is 3. The van der Waals surface area contributed by atoms with Gasteiger partial charge in [-0.2, -0.15) is 0 Å². The number of aryl methyl sites for hydroxylation is 1. The molecular formula is C16H23NO3. The molecule has 1 aliphatic rings. The number of ether oxygens (including phenoxy) is 2. The van der Waals surface area contributed by atoms with E-state index in [2.05, 4.69) is 0 Å². The van der Waals surface area contributed by atoms with Gasteiger partial charge in [0, 0.05) is 20.1 Å². The second-order valence-electron chi connectivity index (χ2n) is 5.35. The molecule has 20 heavy (non-hydrogen) atoms. The van der Waals surface area contributed by atoms with Gasteiger partial charge in [0.2, 0.25) is 5.91 Å². The maximum absolute atomic E-state index is 12.4. The zero-order valence-electron chi connectivity index (χ0n) is 12.5. The Hall–Kier alpha value is -1.55. The number of amides is 1. The SMILES string of the molecule is COCCCCC(=O)N1C[C@@H](C)Oc2ccc(C)cc21. The molecular weight excluding hydrogens is 254 g/mol. The van der Waals surface area contributed by atoms with Gasteiger partial charge in [-0.25, -0.2) is 0 Å². The van der Waals surface area contributed by atoms with Crippen LogP contribution in [-0.2, 0) is 9.53 Å². The molecule has 0 unspecified atom stereocenters. The van der Waals surface area contributed by atoms with E-state index in [1.807, 2.05) is 36.9 Å². The van der Waals surface area contributed by atoms with Crippen molar-refractivity contribution in [1.29, 1.82) is 0 Å². The molecule has 0 bridgehead atoms. The first-order chi connectivity index (χ1) is 9.61. The highest BCUT2D eigenvalue weighted by Gasteiger charge is 2.27. The van der Waals surface area contributed by atoms with Crippen molar-refractivity contribution in [2.75, 3.05) is 25.2 Å². The van der Waals surface area contributed by atoms with Crippen molar-refractivity contribution in [1.82, 2.24) is 0 Å². The first-order valence-electron chi connectivity index (χ1n) is 7.18. The highest BCUT2D eigenvalue weighted by atomic mass is 16.5. The minimum atomic E-state index is 0.0353. The topological polar surface area (TPSA) is 38.8 Å². The standard InChI is InChI=1S/C16H23NO3/c1-12-7-8-15-14(10-12)17(11-13(2)20-15)16(18)6-4-5-9-19-3/h7-8,10,13H,4-6,9,11H2,1-3H3/t13-/m1/s1. The third-order valence-corrected chi connectivity index (χ3v) is 3.46. The molecule has 0 aromatic heterocycles. The van der Waals surface area contributed by atoms with E-state index in [0.717, 1.165) is 29.8 Å². The molecule has 0 radical (unpaired) electrons. The maximum atomic E-state index is 12.4. The highest BCUT2D eigenvalue weighted by Crippen LogP contribution is 2.34. The third kappa shape index (κ3) is 3.51. The molecule has 4 nitrogen and oxygen atoms in total. The average molecular weight is 277 g/mol. The summed E-state index contributed by atoms with van der Waals surface area (Å²) in [5.74, 6) is 0.975. The average Bonchev–Trinajstić information content (AvgIpc) is 2.43. The number of carbonyl (C=O) groups is 1. The van der Waals surface area contributed by atoms with Gasteiger partial charge >= 0.3 is 0 Å². The Bertz CT molecular complexity index is 473. The van der Waals surface area contributed by atoms with Crippen molar-refractivity contribution < 1.29 is 14.3 Å². The lowest BCUT2D eigenvalue weighted by atomic mass is 10.1. The largest absolute Gasteiger partial charge is 0.487 e. The molecule has 4 heteroatoms. The van der Waals surface area contributed by atoms with Gasteiger partial charge in [-0.3, -0.25) is 4.79 Å². The Labute approximate surface area is 120 Å². The third-order valence-electron chi connectivity index (χ3n) is 3.46. The number of methoxy groups -OCH3 is 1. The van der Waals surface area contributed by atoms with Crippen molar-refractivity contribution >= 4 is 11.6 Å². The van der Waals surface area contributed by atoms with Gasteiger partial charge in [0.1, 0.15) is 11.9 Å². The Morgan fingerprint density at radius 2 is 2.25 bits per heavy atom. The first-order valence-corrected chi connectivity index (χ1v) is 7.18. The van der Waals surface area contributed by atoms with Crippen LogP contribution in [0.4, 0.5) is 5.69 Å².